The molecule has 2 rings (SSSR count). The second-order valence-electron chi connectivity index (χ2n) is 5.15. The fraction of sp³-hybridized carbons (Fsp3) is 0.600. The van der Waals surface area contributed by atoms with Crippen LogP contribution in [0.1, 0.15) is 5.56 Å². The van der Waals surface area contributed by atoms with E-state index in [1.165, 1.54) is 9.13 Å². The molecule has 1 aromatic carbocycles. The summed E-state index contributed by atoms with van der Waals surface area (Å²) in [5, 5.41) is 10.4. The van der Waals surface area contributed by atoms with Crippen molar-refractivity contribution in [3.63, 3.8) is 0 Å². The van der Waals surface area contributed by atoms with Crippen LogP contribution < -0.4 is 16.0 Å². The molecule has 0 spiro atoms. The lowest BCUT2D eigenvalue weighted by Gasteiger charge is -2.23. The number of benzene rings is 1. The highest BCUT2D eigenvalue weighted by atomic mass is 127. The van der Waals surface area contributed by atoms with Crippen LogP contribution in [0.3, 0.4) is 0 Å². The Balaban J connectivity index is 1.83. The van der Waals surface area contributed by atoms with Gasteiger partial charge < -0.3 is 16.0 Å². The Kier molecular flexibility index (Phi) is 7.82. The van der Waals surface area contributed by atoms with E-state index in [0.29, 0.717) is 0 Å². The van der Waals surface area contributed by atoms with Crippen molar-refractivity contribution in [1.29, 1.82) is 0 Å². The third-order valence-electron chi connectivity index (χ3n) is 3.49. The van der Waals surface area contributed by atoms with Crippen molar-refractivity contribution in [1.82, 2.24) is 20.9 Å². The normalized spacial score (nSPS) is 20.1. The third-order valence-corrected chi connectivity index (χ3v) is 4.21. The van der Waals surface area contributed by atoms with Crippen LogP contribution in [0.15, 0.2) is 24.3 Å². The van der Waals surface area contributed by atoms with E-state index in [1.54, 1.807) is 0 Å². The maximum Gasteiger partial charge on any atom is 0.0234 e. The SMILES string of the molecule is Ic1ccc(CN2CCNCCNCCNCC2)cc1. The number of hydrogen-bond donors (Lipinski definition) is 3. The van der Waals surface area contributed by atoms with Gasteiger partial charge in [0, 0.05) is 62.5 Å². The smallest absolute Gasteiger partial charge is 0.0234 e. The second-order valence-corrected chi connectivity index (χ2v) is 6.40. The quantitative estimate of drug-likeness (QED) is 0.658. The fourth-order valence-corrected chi connectivity index (χ4v) is 2.68. The Bertz CT molecular complexity index is 357. The topological polar surface area (TPSA) is 39.3 Å². The van der Waals surface area contributed by atoms with Crippen LogP contribution in [0.5, 0.6) is 0 Å². The van der Waals surface area contributed by atoms with E-state index in [2.05, 4.69) is 67.7 Å². The average Bonchev–Trinajstić information content (AvgIpc) is 2.44. The summed E-state index contributed by atoms with van der Waals surface area (Å²) in [6.45, 7) is 9.59. The molecule has 4 nitrogen and oxygen atoms in total. The number of rotatable bonds is 2. The highest BCUT2D eigenvalue weighted by Crippen LogP contribution is 2.09. The third kappa shape index (κ3) is 6.49. The zero-order valence-corrected chi connectivity index (χ0v) is 14.2. The lowest BCUT2D eigenvalue weighted by Crippen LogP contribution is -2.41. The number of hydrogen-bond acceptors (Lipinski definition) is 4. The number of nitrogens with one attached hydrogen (secondary N) is 3. The van der Waals surface area contributed by atoms with Crippen LogP contribution in [0.4, 0.5) is 0 Å². The standard InChI is InChI=1S/C15H25IN4/c16-15-3-1-14(2-4-15)13-20-11-9-18-7-5-17-6-8-19-10-12-20/h1-4,17-19H,5-13H2. The lowest BCUT2D eigenvalue weighted by molar-refractivity contribution is 0.263. The monoisotopic (exact) mass is 388 g/mol. The van der Waals surface area contributed by atoms with Gasteiger partial charge in [-0.15, -0.1) is 0 Å². The molecule has 0 bridgehead atoms. The average molecular weight is 388 g/mol. The summed E-state index contributed by atoms with van der Waals surface area (Å²) in [5.41, 5.74) is 1.40. The zero-order valence-electron chi connectivity index (χ0n) is 12.0. The van der Waals surface area contributed by atoms with Crippen molar-refractivity contribution in [2.24, 2.45) is 0 Å². The van der Waals surface area contributed by atoms with E-state index in [9.17, 15) is 0 Å². The molecule has 0 unspecified atom stereocenters. The van der Waals surface area contributed by atoms with Crippen LogP contribution in [0, 0.1) is 3.57 Å². The maximum absolute atomic E-state index is 3.50. The highest BCUT2D eigenvalue weighted by molar-refractivity contribution is 14.1. The fourth-order valence-electron chi connectivity index (χ4n) is 2.32. The molecular weight excluding hydrogens is 363 g/mol. The first-order chi connectivity index (χ1) is 9.84. The first-order valence-corrected chi connectivity index (χ1v) is 8.51. The molecule has 0 atom stereocenters. The van der Waals surface area contributed by atoms with Crippen molar-refractivity contribution in [3.05, 3.63) is 33.4 Å². The Morgan fingerprint density at radius 3 is 1.85 bits per heavy atom. The zero-order chi connectivity index (χ0) is 14.0. The second kappa shape index (κ2) is 9.68. The van der Waals surface area contributed by atoms with E-state index in [1.807, 2.05) is 0 Å². The Morgan fingerprint density at radius 2 is 1.30 bits per heavy atom. The molecule has 1 saturated heterocycles. The predicted octanol–water partition coefficient (Wildman–Crippen LogP) is 0.876. The van der Waals surface area contributed by atoms with E-state index >= 15 is 0 Å². The first-order valence-electron chi connectivity index (χ1n) is 7.43. The Morgan fingerprint density at radius 1 is 0.800 bits per heavy atom. The molecule has 0 saturated carbocycles. The maximum atomic E-state index is 3.50. The van der Waals surface area contributed by atoms with Gasteiger partial charge in [0.1, 0.15) is 0 Å². The summed E-state index contributed by atoms with van der Waals surface area (Å²) in [7, 11) is 0. The van der Waals surface area contributed by atoms with E-state index in [4.69, 9.17) is 0 Å². The van der Waals surface area contributed by atoms with Crippen molar-refractivity contribution in [2.75, 3.05) is 52.4 Å². The lowest BCUT2D eigenvalue weighted by atomic mass is 10.2. The van der Waals surface area contributed by atoms with Gasteiger partial charge in [0.2, 0.25) is 0 Å². The molecule has 1 aliphatic rings. The number of halogens is 1. The molecule has 112 valence electrons. The van der Waals surface area contributed by atoms with Gasteiger partial charge in [-0.25, -0.2) is 0 Å². The molecule has 0 aliphatic carbocycles. The highest BCUT2D eigenvalue weighted by Gasteiger charge is 2.06. The van der Waals surface area contributed by atoms with Crippen LogP contribution in [0.25, 0.3) is 0 Å². The molecule has 0 radical (unpaired) electrons. The minimum Gasteiger partial charge on any atom is -0.314 e. The van der Waals surface area contributed by atoms with Gasteiger partial charge in [-0.05, 0) is 40.3 Å². The van der Waals surface area contributed by atoms with Crippen LogP contribution >= 0.6 is 22.6 Å². The molecule has 20 heavy (non-hydrogen) atoms. The van der Waals surface area contributed by atoms with Crippen molar-refractivity contribution in [3.8, 4) is 0 Å². The summed E-state index contributed by atoms with van der Waals surface area (Å²) in [6, 6.07) is 8.86. The van der Waals surface area contributed by atoms with Gasteiger partial charge in [0.25, 0.3) is 0 Å². The molecule has 1 aromatic rings. The molecule has 1 heterocycles. The van der Waals surface area contributed by atoms with Crippen LogP contribution in [0.2, 0.25) is 0 Å². The summed E-state index contributed by atoms with van der Waals surface area (Å²) in [5.74, 6) is 0. The molecule has 0 aromatic heterocycles. The number of nitrogens with zero attached hydrogens (tertiary/aromatic N) is 1. The Labute approximate surface area is 135 Å². The van der Waals surface area contributed by atoms with Gasteiger partial charge >= 0.3 is 0 Å². The molecule has 1 aliphatic heterocycles. The summed E-state index contributed by atoms with van der Waals surface area (Å²) in [6.07, 6.45) is 0. The van der Waals surface area contributed by atoms with Crippen molar-refractivity contribution in [2.45, 2.75) is 6.54 Å². The van der Waals surface area contributed by atoms with Gasteiger partial charge in [-0.1, -0.05) is 12.1 Å². The molecule has 5 heteroatoms. The largest absolute Gasteiger partial charge is 0.314 e. The van der Waals surface area contributed by atoms with Gasteiger partial charge in [0.05, 0.1) is 0 Å². The summed E-state index contributed by atoms with van der Waals surface area (Å²) in [4.78, 5) is 2.53. The van der Waals surface area contributed by atoms with E-state index < -0.39 is 0 Å². The van der Waals surface area contributed by atoms with Crippen molar-refractivity contribution < 1.29 is 0 Å². The molecule has 0 amide bonds. The van der Waals surface area contributed by atoms with Crippen LogP contribution in [-0.2, 0) is 6.54 Å². The van der Waals surface area contributed by atoms with Gasteiger partial charge in [-0.3, -0.25) is 4.90 Å². The molecule has 1 fully saturated rings. The summed E-state index contributed by atoms with van der Waals surface area (Å²) < 4.78 is 1.30. The minimum absolute atomic E-state index is 1.04. The van der Waals surface area contributed by atoms with E-state index in [-0.39, 0.29) is 0 Å². The molecular formula is C15H25IN4. The minimum atomic E-state index is 1.04. The van der Waals surface area contributed by atoms with Gasteiger partial charge in [-0.2, -0.15) is 0 Å². The first kappa shape index (κ1) is 16.2. The van der Waals surface area contributed by atoms with Gasteiger partial charge in [0.15, 0.2) is 0 Å². The van der Waals surface area contributed by atoms with Crippen molar-refractivity contribution >= 4 is 22.6 Å². The van der Waals surface area contributed by atoms with Crippen LogP contribution in [-0.4, -0.2) is 57.3 Å². The summed E-state index contributed by atoms with van der Waals surface area (Å²) >= 11 is 2.36. The predicted molar refractivity (Wildman–Crippen MR) is 93.0 cm³/mol. The Hall–Kier alpha value is -0.210. The molecule has 3 N–H and O–H groups in total. The van der Waals surface area contributed by atoms with E-state index in [0.717, 1.165) is 58.9 Å².